The van der Waals surface area contributed by atoms with Crippen LogP contribution in [-0.4, -0.2) is 19.5 Å². The van der Waals surface area contributed by atoms with Crippen LogP contribution in [0.3, 0.4) is 0 Å². The van der Waals surface area contributed by atoms with Crippen LogP contribution in [0.2, 0.25) is 0 Å². The van der Waals surface area contributed by atoms with Gasteiger partial charge in [0.2, 0.25) is 0 Å². The topological polar surface area (TPSA) is 26.3 Å². The van der Waals surface area contributed by atoms with Crippen LogP contribution >= 0.6 is 0 Å². The zero-order valence-electron chi connectivity index (χ0n) is 8.21. The van der Waals surface area contributed by atoms with Crippen molar-refractivity contribution in [1.82, 2.24) is 0 Å². The van der Waals surface area contributed by atoms with Crippen molar-refractivity contribution >= 4 is 6.29 Å². The van der Waals surface area contributed by atoms with E-state index >= 15 is 0 Å². The molecule has 0 bridgehead atoms. The molecular formula is C10H20O2. The highest BCUT2D eigenvalue weighted by Crippen LogP contribution is 2.04. The maximum atomic E-state index is 10.0. The van der Waals surface area contributed by atoms with Crippen molar-refractivity contribution < 1.29 is 9.53 Å². The van der Waals surface area contributed by atoms with Gasteiger partial charge in [-0.2, -0.15) is 0 Å². The number of ether oxygens (including phenoxy) is 1. The van der Waals surface area contributed by atoms with Gasteiger partial charge < -0.3 is 9.53 Å². The molecule has 0 N–H and O–H groups in total. The third kappa shape index (κ3) is 7.73. The summed E-state index contributed by atoms with van der Waals surface area (Å²) in [5, 5.41) is 0. The summed E-state index contributed by atoms with van der Waals surface area (Å²) in [6, 6.07) is 0. The van der Waals surface area contributed by atoms with E-state index in [-0.39, 0.29) is 0 Å². The summed E-state index contributed by atoms with van der Waals surface area (Å²) in [6.45, 7) is 5.93. The van der Waals surface area contributed by atoms with E-state index in [4.69, 9.17) is 4.74 Å². The van der Waals surface area contributed by atoms with Crippen molar-refractivity contribution in [3.63, 3.8) is 0 Å². The fraction of sp³-hybridized carbons (Fsp3) is 0.900. The smallest absolute Gasteiger partial charge is 0.120 e. The standard InChI is InChI=1S/C10H20O2/c1-3-4-8-12-9-10(2)6-5-7-11/h7,10H,3-6,8-9H2,1-2H3/t10-/m1/s1. The van der Waals surface area contributed by atoms with Crippen LogP contribution in [0, 0.1) is 5.92 Å². The van der Waals surface area contributed by atoms with Gasteiger partial charge in [0.1, 0.15) is 6.29 Å². The molecule has 72 valence electrons. The first-order valence-electron chi connectivity index (χ1n) is 4.82. The van der Waals surface area contributed by atoms with Crippen molar-refractivity contribution in [2.24, 2.45) is 5.92 Å². The van der Waals surface area contributed by atoms with Crippen LogP contribution < -0.4 is 0 Å². The zero-order valence-corrected chi connectivity index (χ0v) is 8.21. The van der Waals surface area contributed by atoms with E-state index in [1.54, 1.807) is 0 Å². The molecule has 1 atom stereocenters. The largest absolute Gasteiger partial charge is 0.381 e. The van der Waals surface area contributed by atoms with Crippen molar-refractivity contribution in [3.05, 3.63) is 0 Å². The van der Waals surface area contributed by atoms with E-state index in [1.165, 1.54) is 6.42 Å². The summed E-state index contributed by atoms with van der Waals surface area (Å²) in [5.41, 5.74) is 0. The number of carbonyl (C=O) groups is 1. The number of hydrogen-bond donors (Lipinski definition) is 0. The molecular weight excluding hydrogens is 152 g/mol. The van der Waals surface area contributed by atoms with E-state index in [1.807, 2.05) is 0 Å². The van der Waals surface area contributed by atoms with Crippen LogP contribution in [0.5, 0.6) is 0 Å². The second-order valence-electron chi connectivity index (χ2n) is 3.28. The highest BCUT2D eigenvalue weighted by atomic mass is 16.5. The predicted molar refractivity (Wildman–Crippen MR) is 50.2 cm³/mol. The van der Waals surface area contributed by atoms with Gasteiger partial charge in [-0.3, -0.25) is 0 Å². The molecule has 0 amide bonds. The Bertz CT molecular complexity index is 102. The highest BCUT2D eigenvalue weighted by molar-refractivity contribution is 5.49. The van der Waals surface area contributed by atoms with Crippen LogP contribution in [0.1, 0.15) is 39.5 Å². The quantitative estimate of drug-likeness (QED) is 0.415. The first-order valence-corrected chi connectivity index (χ1v) is 4.82. The Hall–Kier alpha value is -0.370. The lowest BCUT2D eigenvalue weighted by Crippen LogP contribution is -2.06. The minimum absolute atomic E-state index is 0.520. The fourth-order valence-corrected chi connectivity index (χ4v) is 0.967. The molecule has 0 saturated carbocycles. The van der Waals surface area contributed by atoms with Crippen LogP contribution in [0.4, 0.5) is 0 Å². The van der Waals surface area contributed by atoms with Crippen LogP contribution in [0.25, 0.3) is 0 Å². The molecule has 0 unspecified atom stereocenters. The summed E-state index contributed by atoms with van der Waals surface area (Å²) in [5.74, 6) is 0.520. The summed E-state index contributed by atoms with van der Waals surface area (Å²) < 4.78 is 5.42. The van der Waals surface area contributed by atoms with Gasteiger partial charge in [-0.15, -0.1) is 0 Å². The lowest BCUT2D eigenvalue weighted by Gasteiger charge is -2.09. The molecule has 0 aromatic rings. The Morgan fingerprint density at radius 3 is 2.83 bits per heavy atom. The summed E-state index contributed by atoms with van der Waals surface area (Å²) in [7, 11) is 0. The predicted octanol–water partition coefficient (Wildman–Crippen LogP) is 2.42. The summed E-state index contributed by atoms with van der Waals surface area (Å²) in [6.07, 6.45) is 4.92. The van der Waals surface area contributed by atoms with Crippen molar-refractivity contribution in [2.75, 3.05) is 13.2 Å². The first-order chi connectivity index (χ1) is 5.81. The molecule has 0 aliphatic heterocycles. The Morgan fingerprint density at radius 2 is 2.25 bits per heavy atom. The van der Waals surface area contributed by atoms with Crippen molar-refractivity contribution in [3.8, 4) is 0 Å². The van der Waals surface area contributed by atoms with Gasteiger partial charge in [0.25, 0.3) is 0 Å². The van der Waals surface area contributed by atoms with Gasteiger partial charge in [-0.25, -0.2) is 0 Å². The number of carbonyl (C=O) groups excluding carboxylic acids is 1. The minimum Gasteiger partial charge on any atom is -0.381 e. The van der Waals surface area contributed by atoms with Gasteiger partial charge in [0.15, 0.2) is 0 Å². The first kappa shape index (κ1) is 11.6. The SMILES string of the molecule is CCCCOC[C@H](C)CCC=O. The number of unbranched alkanes of at least 4 members (excludes halogenated alkanes) is 1. The third-order valence-corrected chi connectivity index (χ3v) is 1.82. The molecule has 0 heterocycles. The molecule has 2 heteroatoms. The lowest BCUT2D eigenvalue weighted by atomic mass is 10.1. The zero-order chi connectivity index (χ0) is 9.23. The summed E-state index contributed by atoms with van der Waals surface area (Å²) >= 11 is 0. The molecule has 0 fully saturated rings. The van der Waals surface area contributed by atoms with E-state index in [0.29, 0.717) is 12.3 Å². The molecule has 0 rings (SSSR count). The average Bonchev–Trinajstić information content (AvgIpc) is 2.09. The summed E-state index contributed by atoms with van der Waals surface area (Å²) in [4.78, 5) is 10.0. The van der Waals surface area contributed by atoms with E-state index in [9.17, 15) is 4.79 Å². The fourth-order valence-electron chi connectivity index (χ4n) is 0.967. The van der Waals surface area contributed by atoms with Gasteiger partial charge >= 0.3 is 0 Å². The Labute approximate surface area is 75.3 Å². The molecule has 2 nitrogen and oxygen atoms in total. The number of aldehydes is 1. The minimum atomic E-state index is 0.520. The Balaban J connectivity index is 3.07. The third-order valence-electron chi connectivity index (χ3n) is 1.82. The van der Waals surface area contributed by atoms with Crippen LogP contribution in [-0.2, 0) is 9.53 Å². The number of rotatable bonds is 8. The Kier molecular flexibility index (Phi) is 8.46. The normalized spacial score (nSPS) is 12.8. The molecule has 0 spiro atoms. The van der Waals surface area contributed by atoms with Gasteiger partial charge in [-0.1, -0.05) is 20.3 Å². The number of hydrogen-bond acceptors (Lipinski definition) is 2. The molecule has 0 saturated heterocycles. The van der Waals surface area contributed by atoms with Crippen molar-refractivity contribution in [2.45, 2.75) is 39.5 Å². The van der Waals surface area contributed by atoms with E-state index in [0.717, 1.165) is 32.3 Å². The second-order valence-corrected chi connectivity index (χ2v) is 3.28. The average molecular weight is 172 g/mol. The second kappa shape index (κ2) is 8.72. The van der Waals surface area contributed by atoms with Crippen LogP contribution in [0.15, 0.2) is 0 Å². The molecule has 0 aromatic carbocycles. The molecule has 12 heavy (non-hydrogen) atoms. The maximum absolute atomic E-state index is 10.0. The maximum Gasteiger partial charge on any atom is 0.120 e. The van der Waals surface area contributed by atoms with Gasteiger partial charge in [0.05, 0.1) is 0 Å². The lowest BCUT2D eigenvalue weighted by molar-refractivity contribution is -0.108. The molecule has 0 aromatic heterocycles. The molecule has 0 radical (unpaired) electrons. The van der Waals surface area contributed by atoms with E-state index < -0.39 is 0 Å². The van der Waals surface area contributed by atoms with Crippen molar-refractivity contribution in [1.29, 1.82) is 0 Å². The molecule has 0 aliphatic rings. The van der Waals surface area contributed by atoms with Gasteiger partial charge in [-0.05, 0) is 18.8 Å². The van der Waals surface area contributed by atoms with E-state index in [2.05, 4.69) is 13.8 Å². The highest BCUT2D eigenvalue weighted by Gasteiger charge is 2.00. The monoisotopic (exact) mass is 172 g/mol. The van der Waals surface area contributed by atoms with Gasteiger partial charge in [0, 0.05) is 19.6 Å². The Morgan fingerprint density at radius 1 is 1.50 bits per heavy atom. The molecule has 0 aliphatic carbocycles.